The predicted octanol–water partition coefficient (Wildman–Crippen LogP) is 5.11. The van der Waals surface area contributed by atoms with E-state index in [-0.39, 0.29) is 0 Å². The Morgan fingerprint density at radius 3 is 2.67 bits per heavy atom. The van der Waals surface area contributed by atoms with Gasteiger partial charge in [-0.15, -0.1) is 0 Å². The third kappa shape index (κ3) is 4.56. The maximum Gasteiger partial charge on any atom is 0.122 e. The maximum absolute atomic E-state index is 5.81. The first kappa shape index (κ1) is 14.8. The third-order valence-corrected chi connectivity index (χ3v) is 2.99. The largest absolute Gasteiger partial charge is 0.493 e. The highest BCUT2D eigenvalue weighted by Gasteiger charge is 2.08. The first-order valence-corrected chi connectivity index (χ1v) is 7.05. The zero-order valence-corrected chi connectivity index (χ0v) is 12.2. The summed E-state index contributed by atoms with van der Waals surface area (Å²) in [6.07, 6.45) is 7.61. The van der Waals surface area contributed by atoms with Gasteiger partial charge >= 0.3 is 0 Å². The van der Waals surface area contributed by atoms with Gasteiger partial charge in [-0.3, -0.25) is 0 Å². The molecule has 0 radical (unpaired) electrons. The molecule has 0 saturated carbocycles. The molecular weight excluding hydrogens is 220 g/mol. The molecule has 0 spiro atoms. The molecule has 0 aliphatic heterocycles. The molecule has 0 aliphatic rings. The van der Waals surface area contributed by atoms with Gasteiger partial charge in [-0.05, 0) is 49.3 Å². The maximum atomic E-state index is 5.81. The van der Waals surface area contributed by atoms with Crippen LogP contribution >= 0.6 is 0 Å². The molecule has 1 heteroatoms. The summed E-state index contributed by atoms with van der Waals surface area (Å²) in [5.74, 6) is 1.57. The van der Waals surface area contributed by atoms with Crippen LogP contribution in [0.15, 0.2) is 30.4 Å². The van der Waals surface area contributed by atoms with Crippen molar-refractivity contribution in [3.8, 4) is 5.75 Å². The first-order chi connectivity index (χ1) is 8.69. The minimum atomic E-state index is 0.513. The Bertz CT molecular complexity index is 377. The van der Waals surface area contributed by atoms with Crippen molar-refractivity contribution in [1.82, 2.24) is 0 Å². The van der Waals surface area contributed by atoms with Crippen molar-refractivity contribution in [3.63, 3.8) is 0 Å². The average Bonchev–Trinajstić information content (AvgIpc) is 2.37. The molecule has 1 aromatic carbocycles. The summed E-state index contributed by atoms with van der Waals surface area (Å²) in [6.45, 7) is 9.47. The van der Waals surface area contributed by atoms with Gasteiger partial charge in [0.15, 0.2) is 0 Å². The Balaban J connectivity index is 2.81. The van der Waals surface area contributed by atoms with Gasteiger partial charge in [0.25, 0.3) is 0 Å². The van der Waals surface area contributed by atoms with Crippen LogP contribution in [0.25, 0.3) is 0 Å². The van der Waals surface area contributed by atoms with Crippen LogP contribution < -0.4 is 4.74 Å². The summed E-state index contributed by atoms with van der Waals surface area (Å²) in [4.78, 5) is 0. The lowest BCUT2D eigenvalue weighted by Gasteiger charge is -2.15. The van der Waals surface area contributed by atoms with Crippen LogP contribution in [0.5, 0.6) is 5.75 Å². The Kier molecular flexibility index (Phi) is 6.56. The molecule has 0 unspecified atom stereocenters. The summed E-state index contributed by atoms with van der Waals surface area (Å²) in [7, 11) is 0. The van der Waals surface area contributed by atoms with Gasteiger partial charge in [0.2, 0.25) is 0 Å². The zero-order chi connectivity index (χ0) is 13.4. The van der Waals surface area contributed by atoms with E-state index in [4.69, 9.17) is 4.74 Å². The van der Waals surface area contributed by atoms with Crippen LogP contribution in [0, 0.1) is 0 Å². The number of ether oxygens (including phenoxy) is 1. The summed E-state index contributed by atoms with van der Waals surface area (Å²) >= 11 is 0. The summed E-state index contributed by atoms with van der Waals surface area (Å²) in [5, 5.41) is 0. The highest BCUT2D eigenvalue weighted by atomic mass is 16.5. The van der Waals surface area contributed by atoms with Gasteiger partial charge in [-0.25, -0.2) is 0 Å². The van der Waals surface area contributed by atoms with Crippen molar-refractivity contribution >= 4 is 0 Å². The fourth-order valence-electron chi connectivity index (χ4n) is 1.96. The van der Waals surface area contributed by atoms with Crippen molar-refractivity contribution in [2.24, 2.45) is 0 Å². The van der Waals surface area contributed by atoms with Crippen LogP contribution in [-0.4, -0.2) is 6.61 Å². The van der Waals surface area contributed by atoms with Crippen LogP contribution in [-0.2, 0) is 6.42 Å². The van der Waals surface area contributed by atoms with Gasteiger partial charge in [0.1, 0.15) is 5.75 Å². The molecule has 1 rings (SSSR count). The quantitative estimate of drug-likeness (QED) is 0.608. The molecule has 0 heterocycles. The Morgan fingerprint density at radius 1 is 1.28 bits per heavy atom. The summed E-state index contributed by atoms with van der Waals surface area (Å²) in [6, 6.07) is 6.63. The third-order valence-electron chi connectivity index (χ3n) is 2.99. The molecule has 100 valence electrons. The lowest BCUT2D eigenvalue weighted by atomic mass is 9.97. The predicted molar refractivity (Wildman–Crippen MR) is 79.5 cm³/mol. The van der Waals surface area contributed by atoms with Crippen molar-refractivity contribution in [3.05, 3.63) is 41.5 Å². The highest BCUT2D eigenvalue weighted by molar-refractivity contribution is 5.39. The van der Waals surface area contributed by atoms with Crippen molar-refractivity contribution < 1.29 is 4.74 Å². The monoisotopic (exact) mass is 246 g/mol. The van der Waals surface area contributed by atoms with E-state index in [1.807, 2.05) is 0 Å². The SMILES string of the molecule is C/C=C\CCc1ccc(OCCC)c(C(C)C)c1. The Hall–Kier alpha value is -1.24. The van der Waals surface area contributed by atoms with Crippen LogP contribution in [0.4, 0.5) is 0 Å². The number of hydrogen-bond donors (Lipinski definition) is 0. The number of benzene rings is 1. The lowest BCUT2D eigenvalue weighted by molar-refractivity contribution is 0.313. The number of aryl methyl sites for hydroxylation is 1. The van der Waals surface area contributed by atoms with E-state index in [1.54, 1.807) is 0 Å². The molecule has 0 amide bonds. The molecule has 0 bridgehead atoms. The smallest absolute Gasteiger partial charge is 0.122 e. The Labute approximate surface area is 112 Å². The fraction of sp³-hybridized carbons (Fsp3) is 0.529. The normalized spacial score (nSPS) is 11.4. The second kappa shape index (κ2) is 7.97. The van der Waals surface area contributed by atoms with E-state index in [9.17, 15) is 0 Å². The van der Waals surface area contributed by atoms with E-state index in [0.717, 1.165) is 31.6 Å². The van der Waals surface area contributed by atoms with E-state index in [0.29, 0.717) is 5.92 Å². The van der Waals surface area contributed by atoms with Gasteiger partial charge in [0.05, 0.1) is 6.61 Å². The molecule has 0 saturated heterocycles. The van der Waals surface area contributed by atoms with E-state index < -0.39 is 0 Å². The summed E-state index contributed by atoms with van der Waals surface area (Å²) < 4.78 is 5.81. The second-order valence-corrected chi connectivity index (χ2v) is 4.98. The standard InChI is InChI=1S/C17H26O/c1-5-7-8-9-15-10-11-17(18-12-6-2)16(13-15)14(3)4/h5,7,10-11,13-14H,6,8-9,12H2,1-4H3/b7-5-. The second-order valence-electron chi connectivity index (χ2n) is 4.98. The molecule has 0 aliphatic carbocycles. The van der Waals surface area contributed by atoms with Crippen LogP contribution in [0.2, 0.25) is 0 Å². The van der Waals surface area contributed by atoms with Crippen molar-refractivity contribution in [1.29, 1.82) is 0 Å². The van der Waals surface area contributed by atoms with Gasteiger partial charge < -0.3 is 4.74 Å². The number of hydrogen-bond acceptors (Lipinski definition) is 1. The molecule has 0 aromatic heterocycles. The van der Waals surface area contributed by atoms with Crippen molar-refractivity contribution in [2.45, 2.75) is 52.9 Å². The molecule has 18 heavy (non-hydrogen) atoms. The van der Waals surface area contributed by atoms with Crippen LogP contribution in [0.1, 0.15) is 57.6 Å². The molecule has 0 atom stereocenters. The average molecular weight is 246 g/mol. The first-order valence-electron chi connectivity index (χ1n) is 7.05. The van der Waals surface area contributed by atoms with Crippen LogP contribution in [0.3, 0.4) is 0 Å². The Morgan fingerprint density at radius 2 is 2.06 bits per heavy atom. The van der Waals surface area contributed by atoms with Gasteiger partial charge in [-0.2, -0.15) is 0 Å². The minimum Gasteiger partial charge on any atom is -0.493 e. The van der Waals surface area contributed by atoms with E-state index in [2.05, 4.69) is 58.0 Å². The van der Waals surface area contributed by atoms with Gasteiger partial charge in [0, 0.05) is 0 Å². The molecule has 0 fully saturated rings. The molecule has 0 N–H and O–H groups in total. The zero-order valence-electron chi connectivity index (χ0n) is 12.2. The number of rotatable bonds is 7. The van der Waals surface area contributed by atoms with Crippen molar-refractivity contribution in [2.75, 3.05) is 6.61 Å². The van der Waals surface area contributed by atoms with E-state index in [1.165, 1.54) is 11.1 Å². The summed E-state index contributed by atoms with van der Waals surface area (Å²) in [5.41, 5.74) is 2.74. The molecule has 1 nitrogen and oxygen atoms in total. The van der Waals surface area contributed by atoms with E-state index >= 15 is 0 Å². The molecule has 1 aromatic rings. The highest BCUT2D eigenvalue weighted by Crippen LogP contribution is 2.28. The number of allylic oxidation sites excluding steroid dienone is 2. The molecular formula is C17H26O. The topological polar surface area (TPSA) is 9.23 Å². The fourth-order valence-corrected chi connectivity index (χ4v) is 1.96. The minimum absolute atomic E-state index is 0.513. The lowest BCUT2D eigenvalue weighted by Crippen LogP contribution is -2.01. The van der Waals surface area contributed by atoms with Gasteiger partial charge in [-0.1, -0.05) is 45.1 Å².